The van der Waals surface area contributed by atoms with Gasteiger partial charge in [0, 0.05) is 17.3 Å². The van der Waals surface area contributed by atoms with Crippen LogP contribution in [0.3, 0.4) is 0 Å². The molecule has 1 heterocycles. The van der Waals surface area contributed by atoms with Crippen LogP contribution in [-0.2, 0) is 12.8 Å². The van der Waals surface area contributed by atoms with Crippen molar-refractivity contribution in [3.05, 3.63) is 47.5 Å². The molecule has 0 spiro atoms. The maximum absolute atomic E-state index is 14.2. The fourth-order valence-corrected chi connectivity index (χ4v) is 2.90. The second-order valence-corrected chi connectivity index (χ2v) is 6.47. The van der Waals surface area contributed by atoms with E-state index in [4.69, 9.17) is 0 Å². The van der Waals surface area contributed by atoms with Gasteiger partial charge in [-0.25, -0.2) is 4.98 Å². The summed E-state index contributed by atoms with van der Waals surface area (Å²) in [5.74, 6) is 0.105. The van der Waals surface area contributed by atoms with Gasteiger partial charge in [0.05, 0.1) is 0 Å². The predicted molar refractivity (Wildman–Crippen MR) is 98.5 cm³/mol. The lowest BCUT2D eigenvalue weighted by Gasteiger charge is -2.06. The van der Waals surface area contributed by atoms with Gasteiger partial charge in [0.2, 0.25) is 5.95 Å². The highest BCUT2D eigenvalue weighted by atomic mass is 19.1. The molecule has 0 saturated carbocycles. The van der Waals surface area contributed by atoms with Crippen LogP contribution in [0.2, 0.25) is 0 Å². The standard InChI is InChI=1S/C21H29FN2/c1-3-5-6-7-8-9-11-19-16-23-21(24-20(19)22)18-14-12-17(10-4-2)13-15-18/h12-16H,3-11H2,1-2H3. The van der Waals surface area contributed by atoms with Gasteiger partial charge in [0.15, 0.2) is 5.82 Å². The molecular weight excluding hydrogens is 299 g/mol. The fraction of sp³-hybridized carbons (Fsp3) is 0.524. The predicted octanol–water partition coefficient (Wildman–Crippen LogP) is 6.14. The molecule has 0 atom stereocenters. The SMILES string of the molecule is CCCCCCCCc1cnc(-c2ccc(CCC)cc2)nc1F. The average molecular weight is 328 g/mol. The minimum absolute atomic E-state index is 0.369. The summed E-state index contributed by atoms with van der Waals surface area (Å²) in [6.45, 7) is 4.38. The second-order valence-electron chi connectivity index (χ2n) is 6.47. The Bertz CT molecular complexity index is 608. The number of unbranched alkanes of at least 4 members (excludes halogenated alkanes) is 5. The van der Waals surface area contributed by atoms with E-state index in [0.717, 1.165) is 37.7 Å². The van der Waals surface area contributed by atoms with Crippen molar-refractivity contribution in [3.63, 3.8) is 0 Å². The van der Waals surface area contributed by atoms with E-state index in [1.807, 2.05) is 12.1 Å². The minimum atomic E-state index is -0.369. The third-order valence-corrected chi connectivity index (χ3v) is 4.36. The molecule has 130 valence electrons. The van der Waals surface area contributed by atoms with Gasteiger partial charge in [-0.1, -0.05) is 76.6 Å². The Hall–Kier alpha value is -1.77. The van der Waals surface area contributed by atoms with E-state index in [1.165, 1.54) is 31.2 Å². The van der Waals surface area contributed by atoms with Crippen molar-refractivity contribution in [2.24, 2.45) is 0 Å². The van der Waals surface area contributed by atoms with Crippen LogP contribution in [0.15, 0.2) is 30.5 Å². The maximum atomic E-state index is 14.2. The van der Waals surface area contributed by atoms with Gasteiger partial charge < -0.3 is 0 Å². The first-order chi connectivity index (χ1) is 11.7. The quantitative estimate of drug-likeness (QED) is 0.387. The topological polar surface area (TPSA) is 25.8 Å². The van der Waals surface area contributed by atoms with E-state index in [2.05, 4.69) is 35.9 Å². The fourth-order valence-electron chi connectivity index (χ4n) is 2.90. The highest BCUT2D eigenvalue weighted by Gasteiger charge is 2.08. The summed E-state index contributed by atoms with van der Waals surface area (Å²) >= 11 is 0. The van der Waals surface area contributed by atoms with Gasteiger partial charge in [-0.3, -0.25) is 0 Å². The van der Waals surface area contributed by atoms with Crippen molar-refractivity contribution in [2.75, 3.05) is 0 Å². The number of aromatic nitrogens is 2. The zero-order valence-corrected chi connectivity index (χ0v) is 15.0. The summed E-state index contributed by atoms with van der Waals surface area (Å²) < 4.78 is 14.2. The normalized spacial score (nSPS) is 11.0. The molecule has 1 aromatic heterocycles. The number of halogens is 1. The molecule has 0 radical (unpaired) electrons. The van der Waals surface area contributed by atoms with E-state index in [0.29, 0.717) is 11.4 Å². The van der Waals surface area contributed by atoms with Crippen molar-refractivity contribution < 1.29 is 4.39 Å². The van der Waals surface area contributed by atoms with Crippen molar-refractivity contribution >= 4 is 0 Å². The smallest absolute Gasteiger partial charge is 0.219 e. The van der Waals surface area contributed by atoms with Crippen molar-refractivity contribution in [3.8, 4) is 11.4 Å². The largest absolute Gasteiger partial charge is 0.236 e. The minimum Gasteiger partial charge on any atom is -0.236 e. The Morgan fingerprint density at radius 3 is 2.21 bits per heavy atom. The molecule has 1 aromatic carbocycles. The van der Waals surface area contributed by atoms with Crippen molar-refractivity contribution in [1.29, 1.82) is 0 Å². The van der Waals surface area contributed by atoms with Crippen LogP contribution >= 0.6 is 0 Å². The van der Waals surface area contributed by atoms with E-state index in [-0.39, 0.29) is 5.95 Å². The first kappa shape index (κ1) is 18.6. The van der Waals surface area contributed by atoms with Crippen molar-refractivity contribution in [1.82, 2.24) is 9.97 Å². The lowest BCUT2D eigenvalue weighted by Crippen LogP contribution is -1.99. The van der Waals surface area contributed by atoms with E-state index in [1.54, 1.807) is 6.20 Å². The van der Waals surface area contributed by atoms with Crippen LogP contribution in [-0.4, -0.2) is 9.97 Å². The summed E-state index contributed by atoms with van der Waals surface area (Å²) in [6.07, 6.45) is 11.8. The number of nitrogens with zero attached hydrogens (tertiary/aromatic N) is 2. The Labute approximate surface area is 145 Å². The lowest BCUT2D eigenvalue weighted by molar-refractivity contribution is 0.549. The summed E-state index contributed by atoms with van der Waals surface area (Å²) in [5.41, 5.74) is 2.80. The Balaban J connectivity index is 1.91. The van der Waals surface area contributed by atoms with Crippen LogP contribution in [0.25, 0.3) is 11.4 Å². The zero-order valence-electron chi connectivity index (χ0n) is 15.0. The van der Waals surface area contributed by atoms with Crippen LogP contribution in [0, 0.1) is 5.95 Å². The third-order valence-electron chi connectivity index (χ3n) is 4.36. The van der Waals surface area contributed by atoms with Gasteiger partial charge in [-0.2, -0.15) is 9.37 Å². The Morgan fingerprint density at radius 2 is 1.54 bits per heavy atom. The van der Waals surface area contributed by atoms with Crippen LogP contribution in [0.5, 0.6) is 0 Å². The van der Waals surface area contributed by atoms with Gasteiger partial charge >= 0.3 is 0 Å². The molecule has 0 bridgehead atoms. The maximum Gasteiger partial charge on any atom is 0.219 e. The molecule has 0 N–H and O–H groups in total. The summed E-state index contributed by atoms with van der Waals surface area (Å²) in [5, 5.41) is 0. The van der Waals surface area contributed by atoms with Crippen LogP contribution < -0.4 is 0 Å². The molecule has 3 heteroatoms. The van der Waals surface area contributed by atoms with E-state index < -0.39 is 0 Å². The lowest BCUT2D eigenvalue weighted by atomic mass is 10.1. The first-order valence-corrected chi connectivity index (χ1v) is 9.35. The molecular formula is C21H29FN2. The van der Waals surface area contributed by atoms with Gasteiger partial charge in [-0.05, 0) is 24.8 Å². The van der Waals surface area contributed by atoms with Gasteiger partial charge in [0.1, 0.15) is 0 Å². The Morgan fingerprint density at radius 1 is 0.833 bits per heavy atom. The molecule has 0 unspecified atom stereocenters. The summed E-state index contributed by atoms with van der Waals surface area (Å²) in [6, 6.07) is 8.11. The average Bonchev–Trinajstić information content (AvgIpc) is 2.60. The molecule has 0 aliphatic rings. The monoisotopic (exact) mass is 328 g/mol. The number of hydrogen-bond donors (Lipinski definition) is 0. The number of rotatable bonds is 10. The molecule has 24 heavy (non-hydrogen) atoms. The number of hydrogen-bond acceptors (Lipinski definition) is 2. The molecule has 0 amide bonds. The van der Waals surface area contributed by atoms with Crippen LogP contribution in [0.1, 0.15) is 69.9 Å². The molecule has 2 nitrogen and oxygen atoms in total. The highest BCUT2D eigenvalue weighted by molar-refractivity contribution is 5.55. The van der Waals surface area contributed by atoms with Gasteiger partial charge in [-0.15, -0.1) is 0 Å². The number of aryl methyl sites for hydroxylation is 2. The van der Waals surface area contributed by atoms with Gasteiger partial charge in [0.25, 0.3) is 0 Å². The molecule has 0 saturated heterocycles. The summed E-state index contributed by atoms with van der Waals surface area (Å²) in [7, 11) is 0. The Kier molecular flexibility index (Phi) is 7.87. The highest BCUT2D eigenvalue weighted by Crippen LogP contribution is 2.18. The number of benzene rings is 1. The molecule has 0 fully saturated rings. The van der Waals surface area contributed by atoms with E-state index >= 15 is 0 Å². The molecule has 2 rings (SSSR count). The molecule has 2 aromatic rings. The van der Waals surface area contributed by atoms with E-state index in [9.17, 15) is 4.39 Å². The summed E-state index contributed by atoms with van der Waals surface area (Å²) in [4.78, 5) is 8.43. The van der Waals surface area contributed by atoms with Crippen LogP contribution in [0.4, 0.5) is 4.39 Å². The molecule has 0 aliphatic carbocycles. The first-order valence-electron chi connectivity index (χ1n) is 9.35. The third kappa shape index (κ3) is 5.70. The molecule has 0 aliphatic heterocycles. The second kappa shape index (κ2) is 10.2. The van der Waals surface area contributed by atoms with Crippen molar-refractivity contribution in [2.45, 2.75) is 71.6 Å². The zero-order chi connectivity index (χ0) is 17.2.